The predicted molar refractivity (Wildman–Crippen MR) is 71.0 cm³/mol. The van der Waals surface area contributed by atoms with Gasteiger partial charge in [-0.05, 0) is 0 Å². The minimum Gasteiger partial charge on any atom is -0.201 e. The smallest absolute Gasteiger partial charge is 0.201 e. The van der Waals surface area contributed by atoms with E-state index in [4.69, 9.17) is 15.3 Å². The molecule has 1 aromatic rings. The van der Waals surface area contributed by atoms with Crippen LogP contribution in [0.5, 0.6) is 0 Å². The molecular formula is C9H14AsBrN2O5+2. The molecule has 0 saturated heterocycles. The summed E-state index contributed by atoms with van der Waals surface area (Å²) in [6.07, 6.45) is 0. The van der Waals surface area contributed by atoms with Crippen molar-refractivity contribution in [3.63, 3.8) is 0 Å². The number of rotatable bonds is 2. The van der Waals surface area contributed by atoms with Crippen LogP contribution in [0.3, 0.4) is 0 Å². The molecule has 18 heavy (non-hydrogen) atoms. The van der Waals surface area contributed by atoms with Gasteiger partial charge in [0.25, 0.3) is 0 Å². The van der Waals surface area contributed by atoms with Gasteiger partial charge in [0.15, 0.2) is 0 Å². The van der Waals surface area contributed by atoms with Crippen molar-refractivity contribution in [2.45, 2.75) is 17.1 Å². The van der Waals surface area contributed by atoms with Gasteiger partial charge in [-0.25, -0.2) is 10.4 Å². The monoisotopic (exact) mass is 384 g/mol. The topological polar surface area (TPSA) is 104 Å². The minimum absolute atomic E-state index is 0.166. The molecule has 0 radical (unpaired) electrons. The van der Waals surface area contributed by atoms with E-state index >= 15 is 0 Å². The Balaban J connectivity index is 0.000000631. The molecule has 1 aromatic carbocycles. The molecule has 7 nitrogen and oxygen atoms in total. The Morgan fingerprint density at radius 1 is 1.22 bits per heavy atom. The molecule has 0 amide bonds. The fourth-order valence-electron chi connectivity index (χ4n) is 1.06. The predicted octanol–water partition coefficient (Wildman–Crippen LogP) is 2.45. The van der Waals surface area contributed by atoms with Gasteiger partial charge < -0.3 is 0 Å². The van der Waals surface area contributed by atoms with E-state index in [-0.39, 0.29) is 10.6 Å². The average molecular weight is 385 g/mol. The summed E-state index contributed by atoms with van der Waals surface area (Å²) in [4.78, 5) is 18.8. The standard InChI is InChI=1S/C9H12AsBrNO2.H2NO3/c1-10(2,3)7-4-5-8(11)9(6-7)12(13)14;2-1(3)4/h4-6H,1-3H3;(H2,2,3,4)/q2*+1. The minimum atomic E-state index is -1.79. The van der Waals surface area contributed by atoms with Crippen LogP contribution >= 0.6 is 15.9 Å². The van der Waals surface area contributed by atoms with Crippen molar-refractivity contribution in [1.82, 2.24) is 0 Å². The first kappa shape index (κ1) is 16.9. The van der Waals surface area contributed by atoms with E-state index in [0.29, 0.717) is 4.47 Å². The Morgan fingerprint density at radius 2 is 1.67 bits per heavy atom. The van der Waals surface area contributed by atoms with E-state index in [1.165, 1.54) is 0 Å². The van der Waals surface area contributed by atoms with Crippen molar-refractivity contribution < 1.29 is 20.4 Å². The molecule has 0 unspecified atom stereocenters. The summed E-state index contributed by atoms with van der Waals surface area (Å²) < 4.78 is 1.69. The molecule has 0 heterocycles. The molecule has 9 heteroatoms. The molecule has 0 aromatic heterocycles. The third-order valence-corrected chi connectivity index (χ3v) is 6.41. The average Bonchev–Trinajstić information content (AvgIpc) is 2.14. The fraction of sp³-hybridized carbons (Fsp3) is 0.333. The maximum Gasteiger partial charge on any atom is 0.472 e. The Kier molecular flexibility index (Phi) is 6.28. The van der Waals surface area contributed by atoms with Crippen LogP contribution in [0.2, 0.25) is 17.1 Å². The molecule has 0 bridgehead atoms. The van der Waals surface area contributed by atoms with Crippen LogP contribution in [0.1, 0.15) is 0 Å². The van der Waals surface area contributed by atoms with Crippen molar-refractivity contribution in [3.05, 3.63) is 37.7 Å². The van der Waals surface area contributed by atoms with Gasteiger partial charge in [0, 0.05) is 0 Å². The summed E-state index contributed by atoms with van der Waals surface area (Å²) in [5.41, 5.74) is 6.76. The first-order valence-electron chi connectivity index (χ1n) is 4.66. The van der Waals surface area contributed by atoms with Gasteiger partial charge in [-0.2, -0.15) is 0 Å². The van der Waals surface area contributed by atoms with E-state index in [1.807, 2.05) is 6.07 Å². The number of nitro groups is 1. The van der Waals surface area contributed by atoms with E-state index in [1.54, 1.807) is 12.1 Å². The van der Waals surface area contributed by atoms with Crippen LogP contribution in [-0.2, 0) is 0 Å². The van der Waals surface area contributed by atoms with Gasteiger partial charge in [-0.15, -0.1) is 0 Å². The molecule has 0 saturated carbocycles. The summed E-state index contributed by atoms with van der Waals surface area (Å²) in [5, 5.41) is 23.2. The van der Waals surface area contributed by atoms with Crippen molar-refractivity contribution in [1.29, 1.82) is 0 Å². The summed E-state index contributed by atoms with van der Waals surface area (Å²) in [5.74, 6) is 0. The molecule has 0 atom stereocenters. The van der Waals surface area contributed by atoms with E-state index in [9.17, 15) is 10.1 Å². The first-order chi connectivity index (χ1) is 8.05. The SMILES string of the molecule is C[As+](C)(C)c1ccc(Br)c([N+](=O)[O-])c1.O=[N+](O)O. The van der Waals surface area contributed by atoms with Crippen LogP contribution in [0, 0.1) is 15.0 Å². The number of nitrogens with zero attached hydrogens (tertiary/aromatic N) is 2. The number of hydrogen-bond acceptors (Lipinski definition) is 3. The molecule has 100 valence electrons. The zero-order valence-corrected chi connectivity index (χ0v) is 13.5. The quantitative estimate of drug-likeness (QED) is 0.463. The molecule has 0 fully saturated rings. The number of halogens is 1. The largest absolute Gasteiger partial charge is 0.472 e. The maximum atomic E-state index is 10.7. The van der Waals surface area contributed by atoms with Gasteiger partial charge in [0.05, 0.1) is 0 Å². The van der Waals surface area contributed by atoms with Gasteiger partial charge in [0.2, 0.25) is 0 Å². The van der Waals surface area contributed by atoms with E-state index < -0.39 is 18.6 Å². The second kappa shape index (κ2) is 6.70. The van der Waals surface area contributed by atoms with E-state index in [0.717, 1.165) is 4.35 Å². The number of hydrogen-bond donors (Lipinski definition) is 2. The second-order valence-electron chi connectivity index (χ2n) is 4.16. The van der Waals surface area contributed by atoms with Crippen LogP contribution < -0.4 is 4.35 Å². The molecule has 0 aliphatic carbocycles. The van der Waals surface area contributed by atoms with Crippen molar-refractivity contribution in [2.24, 2.45) is 0 Å². The molecule has 0 aliphatic heterocycles. The first-order valence-corrected chi connectivity index (χ1v) is 12.0. The summed E-state index contributed by atoms with van der Waals surface area (Å²) >= 11 is 1.39. The zero-order valence-electron chi connectivity index (χ0n) is 10.1. The summed E-state index contributed by atoms with van der Waals surface area (Å²) in [6.45, 7) is 0. The molecule has 2 N–H and O–H groups in total. The third-order valence-electron chi connectivity index (χ3n) is 1.90. The fourth-order valence-corrected chi connectivity index (χ4v) is 3.61. The van der Waals surface area contributed by atoms with Crippen LogP contribution in [0.15, 0.2) is 22.7 Å². The van der Waals surface area contributed by atoms with Gasteiger partial charge in [0.1, 0.15) is 4.91 Å². The molecular weight excluding hydrogens is 371 g/mol. The van der Waals surface area contributed by atoms with Crippen LogP contribution in [0.4, 0.5) is 5.69 Å². The van der Waals surface area contributed by atoms with Crippen LogP contribution in [-0.4, -0.2) is 34.0 Å². The number of benzene rings is 1. The zero-order chi connectivity index (χ0) is 14.5. The van der Waals surface area contributed by atoms with Gasteiger partial charge in [-0.1, -0.05) is 0 Å². The van der Waals surface area contributed by atoms with Crippen molar-refractivity contribution in [2.75, 3.05) is 0 Å². The van der Waals surface area contributed by atoms with Crippen molar-refractivity contribution >= 4 is 39.5 Å². The third kappa shape index (κ3) is 5.97. The van der Waals surface area contributed by atoms with Crippen LogP contribution in [0.25, 0.3) is 0 Å². The Morgan fingerprint density at radius 3 is 2.00 bits per heavy atom. The maximum absolute atomic E-state index is 10.7. The summed E-state index contributed by atoms with van der Waals surface area (Å²) in [7, 11) is 0. The number of nitro benzene ring substituents is 1. The normalized spacial score (nSPS) is 10.2. The van der Waals surface area contributed by atoms with Gasteiger partial charge >= 0.3 is 99.5 Å². The summed E-state index contributed by atoms with van der Waals surface area (Å²) in [6, 6.07) is 5.43. The molecule has 0 aliphatic rings. The van der Waals surface area contributed by atoms with E-state index in [2.05, 4.69) is 33.1 Å². The Labute approximate surface area is 115 Å². The second-order valence-corrected chi connectivity index (χ2v) is 14.5. The molecule has 1 rings (SSSR count). The Hall–Kier alpha value is -1.14. The van der Waals surface area contributed by atoms with Gasteiger partial charge in [-0.3, -0.25) is 0 Å². The molecule has 0 spiro atoms. The Bertz CT molecular complexity index is 457. The van der Waals surface area contributed by atoms with Crippen molar-refractivity contribution in [3.8, 4) is 0 Å².